The summed E-state index contributed by atoms with van der Waals surface area (Å²) in [5.74, 6) is 0. The molecular weight excluding hydrogens is 203 g/mol. The minimum absolute atomic E-state index is 0.0183. The molecular formula is C8H11N2O3P. The molecule has 0 fully saturated rings. The third-order valence-electron chi connectivity index (χ3n) is 1.91. The number of hydrogen-bond acceptors (Lipinski definition) is 3. The van der Waals surface area contributed by atoms with Gasteiger partial charge >= 0.3 is 0 Å². The first-order valence-electron chi connectivity index (χ1n) is 4.01. The number of nitrogens with zero attached hydrogens (tertiary/aromatic N) is 2. The van der Waals surface area contributed by atoms with Gasteiger partial charge in [0.05, 0.1) is 4.92 Å². The number of nitro groups is 1. The van der Waals surface area contributed by atoms with Crippen molar-refractivity contribution in [3.63, 3.8) is 0 Å². The van der Waals surface area contributed by atoms with Crippen LogP contribution in [-0.2, 0) is 4.57 Å². The summed E-state index contributed by atoms with van der Waals surface area (Å²) in [6.07, 6.45) is 0. The van der Waals surface area contributed by atoms with Crippen LogP contribution in [0.2, 0.25) is 0 Å². The average Bonchev–Trinajstić information content (AvgIpc) is 2.16. The zero-order valence-electron chi connectivity index (χ0n) is 7.93. The summed E-state index contributed by atoms with van der Waals surface area (Å²) >= 11 is 0. The Kier molecular flexibility index (Phi) is 3.25. The van der Waals surface area contributed by atoms with E-state index in [1.807, 2.05) is 0 Å². The molecule has 0 heterocycles. The summed E-state index contributed by atoms with van der Waals surface area (Å²) in [4.78, 5) is 10.2. The van der Waals surface area contributed by atoms with Crippen LogP contribution in [0.15, 0.2) is 24.3 Å². The molecule has 0 aromatic heterocycles. The van der Waals surface area contributed by atoms with Crippen molar-refractivity contribution in [3.8, 4) is 0 Å². The molecule has 0 aliphatic heterocycles. The van der Waals surface area contributed by atoms with Gasteiger partial charge in [0.15, 0.2) is 7.95 Å². The van der Waals surface area contributed by atoms with Crippen molar-refractivity contribution >= 4 is 19.3 Å². The molecule has 0 aliphatic carbocycles. The Balaban J connectivity index is 3.19. The lowest BCUT2D eigenvalue weighted by Crippen LogP contribution is -2.07. The van der Waals surface area contributed by atoms with Gasteiger partial charge in [0.25, 0.3) is 5.69 Å². The summed E-state index contributed by atoms with van der Waals surface area (Å²) in [7, 11) is -0.354. The highest BCUT2D eigenvalue weighted by Gasteiger charge is 2.16. The molecule has 6 heteroatoms. The predicted molar refractivity (Wildman–Crippen MR) is 56.4 cm³/mol. The van der Waals surface area contributed by atoms with Crippen LogP contribution in [0.25, 0.3) is 0 Å². The molecule has 0 radical (unpaired) electrons. The lowest BCUT2D eigenvalue weighted by atomic mass is 10.3. The first-order chi connectivity index (χ1) is 6.54. The van der Waals surface area contributed by atoms with Crippen molar-refractivity contribution in [1.82, 2.24) is 0 Å². The summed E-state index contributed by atoms with van der Waals surface area (Å²) in [5, 5.41) is 10.6. The standard InChI is InChI=1S/C8H11N2O3P/c1-9(14(2)13)7-5-3-4-6-8(7)10(11)12/h3-6,14H,1-2H3. The van der Waals surface area contributed by atoms with Crippen LogP contribution in [0.3, 0.4) is 0 Å². The highest BCUT2D eigenvalue weighted by atomic mass is 31.1. The van der Waals surface area contributed by atoms with E-state index in [0.29, 0.717) is 5.69 Å². The van der Waals surface area contributed by atoms with Gasteiger partial charge in [-0.3, -0.25) is 10.1 Å². The smallest absolute Gasteiger partial charge is 0.292 e. The average molecular weight is 214 g/mol. The molecule has 1 rings (SSSR count). The lowest BCUT2D eigenvalue weighted by molar-refractivity contribution is -0.384. The zero-order valence-corrected chi connectivity index (χ0v) is 8.93. The lowest BCUT2D eigenvalue weighted by Gasteiger charge is -2.15. The van der Waals surface area contributed by atoms with E-state index in [1.54, 1.807) is 31.9 Å². The zero-order chi connectivity index (χ0) is 10.7. The Bertz CT molecular complexity index is 381. The third kappa shape index (κ3) is 2.12. The first kappa shape index (κ1) is 10.7. The number of para-hydroxylation sites is 2. The first-order valence-corrected chi connectivity index (χ1v) is 5.87. The molecule has 1 unspecified atom stereocenters. The summed E-state index contributed by atoms with van der Waals surface area (Å²) in [6.45, 7) is 1.54. The molecule has 0 bridgehead atoms. The molecule has 0 saturated carbocycles. The van der Waals surface area contributed by atoms with Crippen LogP contribution in [0.4, 0.5) is 11.4 Å². The maximum Gasteiger partial charge on any atom is 0.292 e. The van der Waals surface area contributed by atoms with Crippen molar-refractivity contribution in [2.45, 2.75) is 0 Å². The molecule has 1 atom stereocenters. The fraction of sp³-hybridized carbons (Fsp3) is 0.250. The number of benzene rings is 1. The molecule has 5 nitrogen and oxygen atoms in total. The summed E-state index contributed by atoms with van der Waals surface area (Å²) in [6, 6.07) is 6.26. The molecule has 14 heavy (non-hydrogen) atoms. The maximum absolute atomic E-state index is 11.2. The number of nitro benzene ring substituents is 1. The molecule has 0 amide bonds. The van der Waals surface area contributed by atoms with Gasteiger partial charge in [0.1, 0.15) is 5.69 Å². The van der Waals surface area contributed by atoms with Gasteiger partial charge < -0.3 is 9.24 Å². The number of rotatable bonds is 3. The highest BCUT2D eigenvalue weighted by molar-refractivity contribution is 7.45. The maximum atomic E-state index is 11.2. The third-order valence-corrected chi connectivity index (χ3v) is 3.10. The van der Waals surface area contributed by atoms with Crippen LogP contribution in [0.1, 0.15) is 0 Å². The van der Waals surface area contributed by atoms with E-state index < -0.39 is 12.9 Å². The van der Waals surface area contributed by atoms with Crippen LogP contribution in [0.5, 0.6) is 0 Å². The highest BCUT2D eigenvalue weighted by Crippen LogP contribution is 2.34. The Morgan fingerprint density at radius 3 is 2.50 bits per heavy atom. The minimum Gasteiger partial charge on any atom is -0.322 e. The van der Waals surface area contributed by atoms with E-state index in [2.05, 4.69) is 0 Å². The van der Waals surface area contributed by atoms with Crippen molar-refractivity contribution in [2.24, 2.45) is 0 Å². The van der Waals surface area contributed by atoms with Crippen molar-refractivity contribution < 1.29 is 9.49 Å². The van der Waals surface area contributed by atoms with E-state index in [9.17, 15) is 14.7 Å². The SMILES string of the molecule is CN(c1ccccc1[N+](=O)[O-])[PH](C)=O. The Morgan fingerprint density at radius 1 is 1.43 bits per heavy atom. The van der Waals surface area contributed by atoms with Crippen molar-refractivity contribution in [1.29, 1.82) is 0 Å². The normalized spacial score (nSPS) is 12.1. The van der Waals surface area contributed by atoms with Gasteiger partial charge in [0, 0.05) is 19.8 Å². The van der Waals surface area contributed by atoms with Crippen molar-refractivity contribution in [3.05, 3.63) is 34.4 Å². The van der Waals surface area contributed by atoms with Crippen LogP contribution in [-0.4, -0.2) is 18.6 Å². The fourth-order valence-electron chi connectivity index (χ4n) is 1.07. The van der Waals surface area contributed by atoms with E-state index in [-0.39, 0.29) is 5.69 Å². The van der Waals surface area contributed by atoms with Gasteiger partial charge in [-0.15, -0.1) is 0 Å². The summed E-state index contributed by atoms with van der Waals surface area (Å²) in [5.41, 5.74) is 0.374. The monoisotopic (exact) mass is 214 g/mol. The molecule has 0 N–H and O–H groups in total. The van der Waals surface area contributed by atoms with Gasteiger partial charge in [-0.2, -0.15) is 0 Å². The summed E-state index contributed by atoms with van der Waals surface area (Å²) < 4.78 is 12.6. The Morgan fingerprint density at radius 2 is 2.00 bits per heavy atom. The van der Waals surface area contributed by atoms with Gasteiger partial charge in [-0.05, 0) is 6.07 Å². The quantitative estimate of drug-likeness (QED) is 0.439. The van der Waals surface area contributed by atoms with E-state index in [4.69, 9.17) is 0 Å². The van der Waals surface area contributed by atoms with Crippen LogP contribution >= 0.6 is 7.95 Å². The second kappa shape index (κ2) is 4.24. The van der Waals surface area contributed by atoms with Gasteiger partial charge in [-0.1, -0.05) is 12.1 Å². The second-order valence-corrected chi connectivity index (χ2v) is 4.53. The minimum atomic E-state index is -1.94. The molecule has 0 saturated heterocycles. The Labute approximate surface area is 82.3 Å². The van der Waals surface area contributed by atoms with E-state index >= 15 is 0 Å². The van der Waals surface area contributed by atoms with Crippen LogP contribution < -0.4 is 4.67 Å². The molecule has 1 aromatic carbocycles. The molecule has 0 aliphatic rings. The van der Waals surface area contributed by atoms with E-state index in [1.165, 1.54) is 10.7 Å². The topological polar surface area (TPSA) is 63.4 Å². The molecule has 0 spiro atoms. The van der Waals surface area contributed by atoms with Gasteiger partial charge in [0.2, 0.25) is 0 Å². The second-order valence-electron chi connectivity index (χ2n) is 2.82. The number of hydrogen-bond donors (Lipinski definition) is 0. The molecule has 76 valence electrons. The van der Waals surface area contributed by atoms with Gasteiger partial charge in [-0.25, -0.2) is 0 Å². The largest absolute Gasteiger partial charge is 0.322 e. The van der Waals surface area contributed by atoms with Crippen molar-refractivity contribution in [2.75, 3.05) is 18.4 Å². The van der Waals surface area contributed by atoms with Crippen LogP contribution in [0, 0.1) is 10.1 Å². The Hall–Kier alpha value is -1.35. The fourth-order valence-corrected chi connectivity index (χ4v) is 1.60. The molecule has 1 aromatic rings. The van der Waals surface area contributed by atoms with E-state index in [0.717, 1.165) is 0 Å². The number of anilines is 1. The predicted octanol–water partition coefficient (Wildman–Crippen LogP) is 2.14.